The van der Waals surface area contributed by atoms with Gasteiger partial charge in [0.15, 0.2) is 6.10 Å². The number of aryl methyl sites for hydroxylation is 2. The Morgan fingerprint density at radius 2 is 2.04 bits per heavy atom. The lowest BCUT2D eigenvalue weighted by Crippen LogP contribution is -2.26. The predicted octanol–water partition coefficient (Wildman–Crippen LogP) is 2.05. The maximum atomic E-state index is 12.4. The molecule has 25 heavy (non-hydrogen) atoms. The highest BCUT2D eigenvalue weighted by Gasteiger charge is 2.29. The first-order valence-corrected chi connectivity index (χ1v) is 9.38. The summed E-state index contributed by atoms with van der Waals surface area (Å²) in [4.78, 5) is 12.5. The number of ether oxygens (including phenoxy) is 1. The molecule has 0 spiro atoms. The number of hydrogen-bond donors (Lipinski definition) is 1. The average molecular weight is 365 g/mol. The number of rotatable bonds is 6. The summed E-state index contributed by atoms with van der Waals surface area (Å²) in [6.45, 7) is 4.95. The van der Waals surface area contributed by atoms with E-state index in [0.29, 0.717) is 11.5 Å². The van der Waals surface area contributed by atoms with Crippen LogP contribution in [0.4, 0.5) is 0 Å². The van der Waals surface area contributed by atoms with Crippen molar-refractivity contribution in [3.05, 3.63) is 41.1 Å². The predicted molar refractivity (Wildman–Crippen MR) is 87.4 cm³/mol. The van der Waals surface area contributed by atoms with Gasteiger partial charge in [-0.25, -0.2) is 17.9 Å². The molecule has 3 rings (SSSR count). The number of nitrogens with one attached hydrogen (secondary N) is 1. The summed E-state index contributed by atoms with van der Waals surface area (Å²) in [5.74, 6) is -0.0969. The number of hydrogen-bond acceptors (Lipinski definition) is 7. The molecule has 0 radical (unpaired) electrons. The van der Waals surface area contributed by atoms with Crippen LogP contribution in [0.1, 0.15) is 53.6 Å². The molecule has 0 aliphatic heterocycles. The minimum atomic E-state index is -3.65. The zero-order valence-corrected chi connectivity index (χ0v) is 15.0. The fraction of sp³-hybridized carbons (Fsp3) is 0.438. The third-order valence-corrected chi connectivity index (χ3v) is 5.33. The van der Waals surface area contributed by atoms with Crippen molar-refractivity contribution in [2.75, 3.05) is 0 Å². The van der Waals surface area contributed by atoms with Crippen molar-refractivity contribution < 1.29 is 22.4 Å². The van der Waals surface area contributed by atoms with Gasteiger partial charge in [-0.1, -0.05) is 6.07 Å². The van der Waals surface area contributed by atoms with Gasteiger partial charge in [0.1, 0.15) is 0 Å². The molecule has 1 aromatic heterocycles. The van der Waals surface area contributed by atoms with Crippen molar-refractivity contribution in [3.63, 3.8) is 0 Å². The Hall–Kier alpha value is -2.26. The minimum absolute atomic E-state index is 0.0116. The fourth-order valence-corrected chi connectivity index (χ4v) is 3.56. The SMILES string of the molecule is Cc1nnc(C(C)OC(=O)c2cc(S(=O)(=O)NC3CC3)ccc2C)o1. The van der Waals surface area contributed by atoms with E-state index in [2.05, 4.69) is 14.9 Å². The number of esters is 1. The van der Waals surface area contributed by atoms with Gasteiger partial charge in [-0.15, -0.1) is 10.2 Å². The standard InChI is InChI=1S/C16H19N3O5S/c1-9-4-7-13(25(21,22)19-12-5-6-12)8-14(9)16(20)23-10(2)15-18-17-11(3)24-15/h4,7-8,10,12,19H,5-6H2,1-3H3. The summed E-state index contributed by atoms with van der Waals surface area (Å²) in [6, 6.07) is 4.37. The average Bonchev–Trinajstić information content (AvgIpc) is 3.23. The van der Waals surface area contributed by atoms with Gasteiger partial charge in [-0.05, 0) is 44.4 Å². The second kappa shape index (κ2) is 6.57. The van der Waals surface area contributed by atoms with Gasteiger partial charge in [0, 0.05) is 13.0 Å². The smallest absolute Gasteiger partial charge is 0.339 e. The van der Waals surface area contributed by atoms with E-state index < -0.39 is 22.1 Å². The highest BCUT2D eigenvalue weighted by atomic mass is 32.2. The van der Waals surface area contributed by atoms with Crippen molar-refractivity contribution in [1.29, 1.82) is 0 Å². The second-order valence-corrected chi connectivity index (χ2v) is 7.79. The van der Waals surface area contributed by atoms with Gasteiger partial charge in [0.2, 0.25) is 15.9 Å². The molecule has 1 unspecified atom stereocenters. The van der Waals surface area contributed by atoms with Gasteiger partial charge in [0.05, 0.1) is 10.5 Å². The molecule has 1 saturated carbocycles. The van der Waals surface area contributed by atoms with E-state index in [1.54, 1.807) is 26.8 Å². The maximum Gasteiger partial charge on any atom is 0.339 e. The van der Waals surface area contributed by atoms with E-state index in [-0.39, 0.29) is 22.4 Å². The van der Waals surface area contributed by atoms with E-state index in [9.17, 15) is 13.2 Å². The Morgan fingerprint density at radius 1 is 1.32 bits per heavy atom. The number of sulfonamides is 1. The Balaban J connectivity index is 1.80. The molecule has 1 heterocycles. The van der Waals surface area contributed by atoms with Crippen LogP contribution in [-0.4, -0.2) is 30.6 Å². The molecule has 1 aliphatic carbocycles. The van der Waals surface area contributed by atoms with Crippen LogP contribution in [0, 0.1) is 13.8 Å². The van der Waals surface area contributed by atoms with Crippen LogP contribution in [0.25, 0.3) is 0 Å². The van der Waals surface area contributed by atoms with Gasteiger partial charge in [0.25, 0.3) is 5.89 Å². The molecule has 1 fully saturated rings. The van der Waals surface area contributed by atoms with E-state index in [1.165, 1.54) is 12.1 Å². The number of carbonyl (C=O) groups excluding carboxylic acids is 1. The quantitative estimate of drug-likeness (QED) is 0.780. The Bertz CT molecular complexity index is 902. The molecule has 9 heteroatoms. The van der Waals surface area contributed by atoms with Crippen molar-refractivity contribution in [1.82, 2.24) is 14.9 Å². The van der Waals surface area contributed by atoms with Crippen molar-refractivity contribution in [2.24, 2.45) is 0 Å². The normalized spacial score (nSPS) is 15.8. The van der Waals surface area contributed by atoms with Crippen molar-refractivity contribution >= 4 is 16.0 Å². The van der Waals surface area contributed by atoms with E-state index in [4.69, 9.17) is 9.15 Å². The Kier molecular flexibility index (Phi) is 4.61. The molecule has 0 amide bonds. The summed E-state index contributed by atoms with van der Waals surface area (Å²) < 4.78 is 37.8. The lowest BCUT2D eigenvalue weighted by atomic mass is 10.1. The number of nitrogens with zero attached hydrogens (tertiary/aromatic N) is 2. The molecule has 8 nitrogen and oxygen atoms in total. The summed E-state index contributed by atoms with van der Waals surface area (Å²) in [5.41, 5.74) is 0.797. The minimum Gasteiger partial charge on any atom is -0.449 e. The molecular formula is C16H19N3O5S. The molecule has 0 bridgehead atoms. The topological polar surface area (TPSA) is 111 Å². The lowest BCUT2D eigenvalue weighted by Gasteiger charge is -2.12. The van der Waals surface area contributed by atoms with E-state index in [1.807, 2.05) is 0 Å². The van der Waals surface area contributed by atoms with Gasteiger partial charge in [-0.2, -0.15) is 0 Å². The van der Waals surface area contributed by atoms with Crippen LogP contribution in [0.5, 0.6) is 0 Å². The van der Waals surface area contributed by atoms with Gasteiger partial charge >= 0.3 is 5.97 Å². The van der Waals surface area contributed by atoms with Crippen LogP contribution >= 0.6 is 0 Å². The Morgan fingerprint density at radius 3 is 2.64 bits per heavy atom. The number of aromatic nitrogens is 2. The first kappa shape index (κ1) is 17.6. The van der Waals surface area contributed by atoms with Crippen LogP contribution in [0.2, 0.25) is 0 Å². The van der Waals surface area contributed by atoms with E-state index in [0.717, 1.165) is 12.8 Å². The molecule has 2 aromatic rings. The summed E-state index contributed by atoms with van der Waals surface area (Å²) in [7, 11) is -3.65. The molecule has 134 valence electrons. The van der Waals surface area contributed by atoms with Crippen molar-refractivity contribution in [3.8, 4) is 0 Å². The second-order valence-electron chi connectivity index (χ2n) is 6.08. The van der Waals surface area contributed by atoms with Crippen LogP contribution in [-0.2, 0) is 14.8 Å². The van der Waals surface area contributed by atoms with Crippen LogP contribution < -0.4 is 4.72 Å². The molecule has 1 atom stereocenters. The molecule has 1 aliphatic rings. The van der Waals surface area contributed by atoms with Gasteiger partial charge in [-0.3, -0.25) is 0 Å². The largest absolute Gasteiger partial charge is 0.449 e. The zero-order valence-electron chi connectivity index (χ0n) is 14.1. The highest BCUT2D eigenvalue weighted by molar-refractivity contribution is 7.89. The van der Waals surface area contributed by atoms with Crippen LogP contribution in [0.3, 0.4) is 0 Å². The highest BCUT2D eigenvalue weighted by Crippen LogP contribution is 2.24. The van der Waals surface area contributed by atoms with E-state index >= 15 is 0 Å². The summed E-state index contributed by atoms with van der Waals surface area (Å²) in [6.07, 6.45) is 0.931. The molecule has 1 N–H and O–H groups in total. The summed E-state index contributed by atoms with van der Waals surface area (Å²) in [5, 5.41) is 7.50. The first-order chi connectivity index (χ1) is 11.8. The number of carbonyl (C=O) groups is 1. The van der Waals surface area contributed by atoms with Crippen LogP contribution in [0.15, 0.2) is 27.5 Å². The lowest BCUT2D eigenvalue weighted by molar-refractivity contribution is 0.0275. The third-order valence-electron chi connectivity index (χ3n) is 3.81. The maximum absolute atomic E-state index is 12.4. The first-order valence-electron chi connectivity index (χ1n) is 7.90. The fourth-order valence-electron chi connectivity index (χ4n) is 2.23. The monoisotopic (exact) mass is 365 g/mol. The molecule has 1 aromatic carbocycles. The third kappa shape index (κ3) is 4.05. The zero-order chi connectivity index (χ0) is 18.2. The Labute approximate surface area is 145 Å². The molecular weight excluding hydrogens is 346 g/mol. The van der Waals surface area contributed by atoms with Crippen molar-refractivity contribution in [2.45, 2.75) is 50.7 Å². The summed E-state index contributed by atoms with van der Waals surface area (Å²) >= 11 is 0. The number of benzene rings is 1. The van der Waals surface area contributed by atoms with Gasteiger partial charge < -0.3 is 9.15 Å². The molecule has 0 saturated heterocycles.